The first-order valence-corrected chi connectivity index (χ1v) is 4.68. The topological polar surface area (TPSA) is 43.8 Å². The van der Waals surface area contributed by atoms with Crippen molar-refractivity contribution in [2.75, 3.05) is 5.73 Å². The van der Waals surface area contributed by atoms with E-state index < -0.39 is 0 Å². The monoisotopic (exact) mass is 187 g/mol. The van der Waals surface area contributed by atoms with Gasteiger partial charge in [-0.3, -0.25) is 0 Å². The molecule has 0 aliphatic heterocycles. The second-order valence-electron chi connectivity index (χ2n) is 3.15. The first kappa shape index (κ1) is 8.81. The van der Waals surface area contributed by atoms with Crippen molar-refractivity contribution in [3.05, 3.63) is 36.8 Å². The number of rotatable bonds is 2. The highest BCUT2D eigenvalue weighted by molar-refractivity contribution is 5.73. The van der Waals surface area contributed by atoms with E-state index in [1.807, 2.05) is 36.8 Å². The summed E-state index contributed by atoms with van der Waals surface area (Å²) < 4.78 is 2.08. The fourth-order valence-corrected chi connectivity index (χ4v) is 1.53. The highest BCUT2D eigenvalue weighted by Crippen LogP contribution is 2.24. The van der Waals surface area contributed by atoms with Crippen LogP contribution in [0.3, 0.4) is 0 Å². The largest absolute Gasteiger partial charge is 0.398 e. The summed E-state index contributed by atoms with van der Waals surface area (Å²) in [5.41, 5.74) is 8.81. The maximum absolute atomic E-state index is 5.89. The highest BCUT2D eigenvalue weighted by atomic mass is 15.0. The van der Waals surface area contributed by atoms with Gasteiger partial charge in [0.2, 0.25) is 0 Å². The van der Waals surface area contributed by atoms with Gasteiger partial charge in [0.1, 0.15) is 0 Å². The van der Waals surface area contributed by atoms with Crippen molar-refractivity contribution in [2.45, 2.75) is 13.5 Å². The summed E-state index contributed by atoms with van der Waals surface area (Å²) in [4.78, 5) is 4.12. The molecular weight excluding hydrogens is 174 g/mol. The van der Waals surface area contributed by atoms with E-state index in [0.29, 0.717) is 0 Å². The molecule has 2 rings (SSSR count). The molecule has 3 nitrogen and oxygen atoms in total. The zero-order chi connectivity index (χ0) is 9.97. The minimum atomic E-state index is 0.794. The normalized spacial score (nSPS) is 10.4. The minimum Gasteiger partial charge on any atom is -0.398 e. The zero-order valence-corrected chi connectivity index (χ0v) is 8.14. The van der Waals surface area contributed by atoms with Crippen LogP contribution >= 0.6 is 0 Å². The van der Waals surface area contributed by atoms with Gasteiger partial charge in [-0.15, -0.1) is 0 Å². The highest BCUT2D eigenvalue weighted by Gasteiger charge is 2.05. The van der Waals surface area contributed by atoms with Crippen molar-refractivity contribution in [3.8, 4) is 11.3 Å². The number of nitrogen functional groups attached to an aromatic ring is 1. The van der Waals surface area contributed by atoms with Gasteiger partial charge in [-0.2, -0.15) is 0 Å². The van der Waals surface area contributed by atoms with Crippen molar-refractivity contribution in [3.63, 3.8) is 0 Å². The number of hydrogen-bond acceptors (Lipinski definition) is 2. The molecule has 14 heavy (non-hydrogen) atoms. The van der Waals surface area contributed by atoms with Crippen molar-refractivity contribution >= 4 is 5.69 Å². The summed E-state index contributed by atoms with van der Waals surface area (Å²) >= 11 is 0. The number of aryl methyl sites for hydroxylation is 1. The number of hydrogen-bond donors (Lipinski definition) is 1. The molecule has 1 aromatic carbocycles. The SMILES string of the molecule is CCn1cncc1-c1ccccc1N. The fourth-order valence-electron chi connectivity index (χ4n) is 1.53. The molecule has 1 heterocycles. The summed E-state index contributed by atoms with van der Waals surface area (Å²) in [5, 5.41) is 0. The number of nitrogens with zero attached hydrogens (tertiary/aromatic N) is 2. The zero-order valence-electron chi connectivity index (χ0n) is 8.14. The Balaban J connectivity index is 2.54. The van der Waals surface area contributed by atoms with E-state index in [9.17, 15) is 0 Å². The second kappa shape index (κ2) is 3.54. The van der Waals surface area contributed by atoms with Crippen LogP contribution in [0.25, 0.3) is 11.3 Å². The Bertz CT molecular complexity index is 432. The number of para-hydroxylation sites is 1. The summed E-state index contributed by atoms with van der Waals surface area (Å²) in [5.74, 6) is 0. The van der Waals surface area contributed by atoms with E-state index in [1.54, 1.807) is 0 Å². The third-order valence-corrected chi connectivity index (χ3v) is 2.29. The van der Waals surface area contributed by atoms with Crippen LogP contribution in [0.4, 0.5) is 5.69 Å². The lowest BCUT2D eigenvalue weighted by Gasteiger charge is -2.07. The van der Waals surface area contributed by atoms with E-state index in [-0.39, 0.29) is 0 Å². The summed E-state index contributed by atoms with van der Waals surface area (Å²) in [6, 6.07) is 7.84. The third kappa shape index (κ3) is 1.37. The van der Waals surface area contributed by atoms with Gasteiger partial charge in [0, 0.05) is 17.8 Å². The lowest BCUT2D eigenvalue weighted by Crippen LogP contribution is -1.97. The number of imidazole rings is 1. The van der Waals surface area contributed by atoms with E-state index in [4.69, 9.17) is 5.73 Å². The molecule has 0 amide bonds. The van der Waals surface area contributed by atoms with Crippen LogP contribution in [-0.4, -0.2) is 9.55 Å². The lowest BCUT2D eigenvalue weighted by molar-refractivity contribution is 0.769. The number of benzene rings is 1. The molecule has 0 bridgehead atoms. The van der Waals surface area contributed by atoms with Gasteiger partial charge in [0.05, 0.1) is 18.2 Å². The molecule has 1 aromatic heterocycles. The van der Waals surface area contributed by atoms with Crippen LogP contribution in [0.2, 0.25) is 0 Å². The van der Waals surface area contributed by atoms with Gasteiger partial charge in [0.15, 0.2) is 0 Å². The van der Waals surface area contributed by atoms with Gasteiger partial charge in [-0.1, -0.05) is 18.2 Å². The van der Waals surface area contributed by atoms with Gasteiger partial charge in [0.25, 0.3) is 0 Å². The van der Waals surface area contributed by atoms with Crippen molar-refractivity contribution in [1.82, 2.24) is 9.55 Å². The molecule has 2 N–H and O–H groups in total. The predicted molar refractivity (Wildman–Crippen MR) is 57.7 cm³/mol. The van der Waals surface area contributed by atoms with E-state index in [2.05, 4.69) is 16.5 Å². The van der Waals surface area contributed by atoms with Gasteiger partial charge in [-0.25, -0.2) is 4.98 Å². The van der Waals surface area contributed by atoms with Gasteiger partial charge < -0.3 is 10.3 Å². The molecule has 0 aliphatic carbocycles. The number of anilines is 1. The Kier molecular flexibility index (Phi) is 2.23. The first-order chi connectivity index (χ1) is 6.83. The molecule has 0 atom stereocenters. The molecular formula is C11H13N3. The number of aromatic nitrogens is 2. The summed E-state index contributed by atoms with van der Waals surface area (Å²) in [6.45, 7) is 2.99. The van der Waals surface area contributed by atoms with Gasteiger partial charge in [-0.05, 0) is 13.0 Å². The molecule has 0 unspecified atom stereocenters. The van der Waals surface area contributed by atoms with E-state index >= 15 is 0 Å². The standard InChI is InChI=1S/C11H13N3/c1-2-14-8-13-7-11(14)9-5-3-4-6-10(9)12/h3-8H,2,12H2,1H3. The summed E-state index contributed by atoms with van der Waals surface area (Å²) in [6.07, 6.45) is 3.66. The molecule has 0 spiro atoms. The molecule has 2 aromatic rings. The van der Waals surface area contributed by atoms with Crippen molar-refractivity contribution in [2.24, 2.45) is 0 Å². The Labute approximate surface area is 83.2 Å². The Hall–Kier alpha value is -1.77. The Morgan fingerprint density at radius 1 is 1.36 bits per heavy atom. The molecule has 3 heteroatoms. The molecule has 0 saturated heterocycles. The average Bonchev–Trinajstić information content (AvgIpc) is 2.66. The van der Waals surface area contributed by atoms with Crippen LogP contribution in [-0.2, 0) is 6.54 Å². The van der Waals surface area contributed by atoms with Crippen LogP contribution in [0, 0.1) is 0 Å². The summed E-state index contributed by atoms with van der Waals surface area (Å²) in [7, 11) is 0. The van der Waals surface area contributed by atoms with Crippen LogP contribution in [0.15, 0.2) is 36.8 Å². The fraction of sp³-hybridized carbons (Fsp3) is 0.182. The molecule has 0 aliphatic rings. The smallest absolute Gasteiger partial charge is 0.0950 e. The average molecular weight is 187 g/mol. The molecule has 0 radical (unpaired) electrons. The van der Waals surface area contributed by atoms with Crippen molar-refractivity contribution in [1.29, 1.82) is 0 Å². The predicted octanol–water partition coefficient (Wildman–Crippen LogP) is 2.15. The quantitative estimate of drug-likeness (QED) is 0.732. The third-order valence-electron chi connectivity index (χ3n) is 2.29. The second-order valence-corrected chi connectivity index (χ2v) is 3.15. The lowest BCUT2D eigenvalue weighted by atomic mass is 10.1. The van der Waals surface area contributed by atoms with Gasteiger partial charge >= 0.3 is 0 Å². The van der Waals surface area contributed by atoms with Crippen LogP contribution in [0.1, 0.15) is 6.92 Å². The van der Waals surface area contributed by atoms with E-state index in [0.717, 1.165) is 23.5 Å². The van der Waals surface area contributed by atoms with Crippen LogP contribution in [0.5, 0.6) is 0 Å². The molecule has 0 saturated carbocycles. The number of nitrogens with two attached hydrogens (primary N) is 1. The maximum atomic E-state index is 5.89. The van der Waals surface area contributed by atoms with Crippen LogP contribution < -0.4 is 5.73 Å². The minimum absolute atomic E-state index is 0.794. The van der Waals surface area contributed by atoms with Crippen molar-refractivity contribution < 1.29 is 0 Å². The first-order valence-electron chi connectivity index (χ1n) is 4.68. The molecule has 72 valence electrons. The van der Waals surface area contributed by atoms with E-state index in [1.165, 1.54) is 0 Å². The Morgan fingerprint density at radius 2 is 2.14 bits per heavy atom. The maximum Gasteiger partial charge on any atom is 0.0950 e. The Morgan fingerprint density at radius 3 is 2.86 bits per heavy atom. The molecule has 0 fully saturated rings.